The van der Waals surface area contributed by atoms with E-state index in [0.717, 1.165) is 5.69 Å². The Morgan fingerprint density at radius 1 is 1.57 bits per heavy atom. The summed E-state index contributed by atoms with van der Waals surface area (Å²) in [7, 11) is 0. The second kappa shape index (κ2) is 4.93. The van der Waals surface area contributed by atoms with Crippen LogP contribution < -0.4 is 11.1 Å². The van der Waals surface area contributed by atoms with Crippen LogP contribution in [0.1, 0.15) is 17.3 Å². The number of anilines is 1. The summed E-state index contributed by atoms with van der Waals surface area (Å²) in [6, 6.07) is 7.03. The SMILES string of the molecule is CC#CCNc1cccc(C(N)=O)c1. The van der Waals surface area contributed by atoms with E-state index in [9.17, 15) is 4.79 Å². The molecule has 3 heteroatoms. The first-order chi connectivity index (χ1) is 6.74. The van der Waals surface area contributed by atoms with Gasteiger partial charge in [0.2, 0.25) is 5.91 Å². The quantitative estimate of drug-likeness (QED) is 0.701. The Morgan fingerprint density at radius 2 is 2.36 bits per heavy atom. The number of rotatable bonds is 3. The van der Waals surface area contributed by atoms with E-state index in [-0.39, 0.29) is 0 Å². The largest absolute Gasteiger partial charge is 0.374 e. The van der Waals surface area contributed by atoms with Crippen LogP contribution in [0.3, 0.4) is 0 Å². The molecule has 0 saturated heterocycles. The number of carbonyl (C=O) groups excluding carboxylic acids is 1. The van der Waals surface area contributed by atoms with Crippen molar-refractivity contribution in [1.29, 1.82) is 0 Å². The van der Waals surface area contributed by atoms with Crippen LogP contribution in [0.15, 0.2) is 24.3 Å². The molecule has 0 aliphatic rings. The van der Waals surface area contributed by atoms with Crippen molar-refractivity contribution in [3.8, 4) is 11.8 Å². The lowest BCUT2D eigenvalue weighted by Gasteiger charge is -2.03. The van der Waals surface area contributed by atoms with Gasteiger partial charge < -0.3 is 11.1 Å². The van der Waals surface area contributed by atoms with E-state index in [0.29, 0.717) is 12.1 Å². The van der Waals surface area contributed by atoms with Gasteiger partial charge in [-0.3, -0.25) is 4.79 Å². The van der Waals surface area contributed by atoms with Crippen LogP contribution in [-0.2, 0) is 0 Å². The topological polar surface area (TPSA) is 55.1 Å². The zero-order valence-electron chi connectivity index (χ0n) is 8.00. The molecule has 0 atom stereocenters. The molecule has 0 aliphatic heterocycles. The summed E-state index contributed by atoms with van der Waals surface area (Å²) in [5.41, 5.74) is 6.49. The molecule has 0 aromatic heterocycles. The van der Waals surface area contributed by atoms with Crippen LogP contribution >= 0.6 is 0 Å². The molecule has 0 unspecified atom stereocenters. The van der Waals surface area contributed by atoms with Crippen LogP contribution in [0, 0.1) is 11.8 Å². The average Bonchev–Trinajstić information content (AvgIpc) is 2.19. The third kappa shape index (κ3) is 2.83. The standard InChI is InChI=1S/C11H12N2O/c1-2-3-7-13-10-6-4-5-9(8-10)11(12)14/h4-6,8,13H,7H2,1H3,(H2,12,14). The van der Waals surface area contributed by atoms with Crippen molar-refractivity contribution in [2.24, 2.45) is 5.73 Å². The summed E-state index contributed by atoms with van der Waals surface area (Å²) in [5.74, 6) is 5.22. The second-order valence-electron chi connectivity index (χ2n) is 2.73. The Kier molecular flexibility index (Phi) is 3.57. The minimum absolute atomic E-state index is 0.421. The molecule has 3 nitrogen and oxygen atoms in total. The lowest BCUT2D eigenvalue weighted by molar-refractivity contribution is 0.100. The van der Waals surface area contributed by atoms with E-state index in [1.165, 1.54) is 0 Å². The summed E-state index contributed by atoms with van der Waals surface area (Å²) in [4.78, 5) is 10.8. The normalized spacial score (nSPS) is 8.64. The number of hydrogen-bond acceptors (Lipinski definition) is 2. The molecule has 0 bridgehead atoms. The first-order valence-corrected chi connectivity index (χ1v) is 4.27. The number of amides is 1. The van der Waals surface area contributed by atoms with Crippen molar-refractivity contribution < 1.29 is 4.79 Å². The van der Waals surface area contributed by atoms with Crippen molar-refractivity contribution >= 4 is 11.6 Å². The number of hydrogen-bond donors (Lipinski definition) is 2. The Morgan fingerprint density at radius 3 is 3.00 bits per heavy atom. The van der Waals surface area contributed by atoms with E-state index >= 15 is 0 Å². The molecule has 3 N–H and O–H groups in total. The van der Waals surface area contributed by atoms with Gasteiger partial charge in [0.15, 0.2) is 0 Å². The van der Waals surface area contributed by atoms with Crippen LogP contribution in [0.25, 0.3) is 0 Å². The predicted molar refractivity (Wildman–Crippen MR) is 56.9 cm³/mol. The Balaban J connectivity index is 2.71. The molecule has 14 heavy (non-hydrogen) atoms. The number of nitrogens with two attached hydrogens (primary N) is 1. The molecule has 0 saturated carbocycles. The highest BCUT2D eigenvalue weighted by molar-refractivity contribution is 5.93. The molecule has 1 rings (SSSR count). The molecular formula is C11H12N2O. The summed E-state index contributed by atoms with van der Waals surface area (Å²) in [6.45, 7) is 2.35. The number of benzene rings is 1. The lowest BCUT2D eigenvalue weighted by Crippen LogP contribution is -2.11. The maximum absolute atomic E-state index is 10.8. The van der Waals surface area contributed by atoms with Crippen LogP contribution in [0.2, 0.25) is 0 Å². The first kappa shape index (κ1) is 10.1. The fourth-order valence-corrected chi connectivity index (χ4v) is 1.02. The molecule has 0 radical (unpaired) electrons. The average molecular weight is 188 g/mol. The summed E-state index contributed by atoms with van der Waals surface area (Å²) < 4.78 is 0. The monoisotopic (exact) mass is 188 g/mol. The Hall–Kier alpha value is -1.95. The van der Waals surface area contributed by atoms with Gasteiger partial charge in [-0.1, -0.05) is 12.0 Å². The third-order valence-corrected chi connectivity index (χ3v) is 1.70. The van der Waals surface area contributed by atoms with Gasteiger partial charge in [-0.2, -0.15) is 0 Å². The van der Waals surface area contributed by atoms with Crippen LogP contribution in [0.4, 0.5) is 5.69 Å². The summed E-state index contributed by atoms with van der Waals surface area (Å²) >= 11 is 0. The highest BCUT2D eigenvalue weighted by Crippen LogP contribution is 2.09. The molecular weight excluding hydrogens is 176 g/mol. The molecule has 0 fully saturated rings. The molecule has 1 aromatic rings. The Bertz CT molecular complexity index is 388. The van der Waals surface area contributed by atoms with Crippen molar-refractivity contribution in [3.05, 3.63) is 29.8 Å². The van der Waals surface area contributed by atoms with E-state index in [2.05, 4.69) is 17.2 Å². The third-order valence-electron chi connectivity index (χ3n) is 1.70. The minimum atomic E-state index is -0.421. The maximum Gasteiger partial charge on any atom is 0.248 e. The fourth-order valence-electron chi connectivity index (χ4n) is 1.02. The van der Waals surface area contributed by atoms with Gasteiger partial charge in [-0.15, -0.1) is 5.92 Å². The van der Waals surface area contributed by atoms with Crippen LogP contribution in [-0.4, -0.2) is 12.5 Å². The van der Waals surface area contributed by atoms with E-state index in [1.807, 2.05) is 6.07 Å². The fraction of sp³-hybridized carbons (Fsp3) is 0.182. The molecule has 0 aliphatic carbocycles. The van der Waals surface area contributed by atoms with Gasteiger partial charge in [-0.05, 0) is 25.1 Å². The van der Waals surface area contributed by atoms with Crippen molar-refractivity contribution in [2.75, 3.05) is 11.9 Å². The molecule has 0 heterocycles. The maximum atomic E-state index is 10.8. The van der Waals surface area contributed by atoms with Gasteiger partial charge in [-0.25, -0.2) is 0 Å². The molecule has 1 amide bonds. The number of nitrogens with one attached hydrogen (secondary N) is 1. The van der Waals surface area contributed by atoms with Gasteiger partial charge in [0.05, 0.1) is 6.54 Å². The first-order valence-electron chi connectivity index (χ1n) is 4.27. The zero-order chi connectivity index (χ0) is 10.4. The molecule has 0 spiro atoms. The van der Waals surface area contributed by atoms with Crippen LogP contribution in [0.5, 0.6) is 0 Å². The summed E-state index contributed by atoms with van der Waals surface area (Å²) in [6.07, 6.45) is 0. The van der Waals surface area contributed by atoms with Crippen molar-refractivity contribution in [2.45, 2.75) is 6.92 Å². The van der Waals surface area contributed by atoms with Gasteiger partial charge in [0, 0.05) is 11.3 Å². The predicted octanol–water partition coefficient (Wildman–Crippen LogP) is 1.22. The molecule has 72 valence electrons. The smallest absolute Gasteiger partial charge is 0.248 e. The summed E-state index contributed by atoms with van der Waals surface area (Å²) in [5, 5.41) is 3.06. The highest BCUT2D eigenvalue weighted by atomic mass is 16.1. The lowest BCUT2D eigenvalue weighted by atomic mass is 10.2. The highest BCUT2D eigenvalue weighted by Gasteiger charge is 1.99. The van der Waals surface area contributed by atoms with Gasteiger partial charge in [0.1, 0.15) is 0 Å². The van der Waals surface area contributed by atoms with Gasteiger partial charge in [0.25, 0.3) is 0 Å². The van der Waals surface area contributed by atoms with E-state index in [4.69, 9.17) is 5.73 Å². The van der Waals surface area contributed by atoms with Crippen molar-refractivity contribution in [1.82, 2.24) is 0 Å². The minimum Gasteiger partial charge on any atom is -0.374 e. The van der Waals surface area contributed by atoms with E-state index < -0.39 is 5.91 Å². The zero-order valence-corrected chi connectivity index (χ0v) is 8.00. The number of carbonyl (C=O) groups is 1. The van der Waals surface area contributed by atoms with E-state index in [1.54, 1.807) is 25.1 Å². The number of primary amides is 1. The van der Waals surface area contributed by atoms with Crippen molar-refractivity contribution in [3.63, 3.8) is 0 Å². The Labute approximate surface area is 83.3 Å². The second-order valence-corrected chi connectivity index (χ2v) is 2.73. The van der Waals surface area contributed by atoms with Gasteiger partial charge >= 0.3 is 0 Å². The molecule has 1 aromatic carbocycles.